The molecule has 0 bridgehead atoms. The molecule has 0 saturated carbocycles. The van der Waals surface area contributed by atoms with Crippen molar-refractivity contribution in [2.24, 2.45) is 0 Å². The van der Waals surface area contributed by atoms with Crippen molar-refractivity contribution in [1.29, 1.82) is 0 Å². The zero-order valence-electron chi connectivity index (χ0n) is 8.33. The second kappa shape index (κ2) is 3.49. The number of thiophene rings is 1. The van der Waals surface area contributed by atoms with E-state index in [0.717, 1.165) is 16.3 Å². The van der Waals surface area contributed by atoms with Crippen molar-refractivity contribution in [3.05, 3.63) is 21.3 Å². The van der Waals surface area contributed by atoms with Crippen LogP contribution in [0.25, 0.3) is 0 Å². The lowest BCUT2D eigenvalue weighted by atomic mass is 9.94. The van der Waals surface area contributed by atoms with Gasteiger partial charge in [0.25, 0.3) is 0 Å². The van der Waals surface area contributed by atoms with Crippen LogP contribution in [0.4, 0.5) is 0 Å². The molecule has 4 heteroatoms. The minimum absolute atomic E-state index is 0.413. The van der Waals surface area contributed by atoms with Crippen molar-refractivity contribution in [2.75, 3.05) is 13.6 Å². The third-order valence-electron chi connectivity index (χ3n) is 3.02. The van der Waals surface area contributed by atoms with Crippen LogP contribution in [-0.2, 0) is 5.60 Å². The van der Waals surface area contributed by atoms with E-state index in [-0.39, 0.29) is 0 Å². The van der Waals surface area contributed by atoms with Gasteiger partial charge in [0, 0.05) is 18.2 Å². The Bertz CT molecular complexity index is 329. The number of rotatable bonds is 1. The van der Waals surface area contributed by atoms with E-state index in [2.05, 4.69) is 11.8 Å². The Morgan fingerprint density at radius 2 is 2.43 bits per heavy atom. The first-order valence-electron chi connectivity index (χ1n) is 4.69. The molecule has 0 aromatic carbocycles. The summed E-state index contributed by atoms with van der Waals surface area (Å²) in [5, 5.41) is 12.4. The van der Waals surface area contributed by atoms with E-state index in [0.29, 0.717) is 12.6 Å². The highest BCUT2D eigenvalue weighted by Crippen LogP contribution is 2.40. The maximum Gasteiger partial charge on any atom is 0.106 e. The van der Waals surface area contributed by atoms with Gasteiger partial charge < -0.3 is 10.0 Å². The van der Waals surface area contributed by atoms with Gasteiger partial charge in [-0.05, 0) is 31.8 Å². The predicted octanol–water partition coefficient (Wildman–Crippen LogP) is 2.31. The first-order chi connectivity index (χ1) is 6.53. The average molecular weight is 232 g/mol. The molecule has 1 saturated heterocycles. The Morgan fingerprint density at radius 1 is 1.71 bits per heavy atom. The number of hydrogen-bond donors (Lipinski definition) is 1. The molecular weight excluding hydrogens is 218 g/mol. The third kappa shape index (κ3) is 1.58. The minimum Gasteiger partial charge on any atom is -0.384 e. The van der Waals surface area contributed by atoms with Gasteiger partial charge >= 0.3 is 0 Å². The molecule has 2 unspecified atom stereocenters. The number of hydrogen-bond acceptors (Lipinski definition) is 3. The molecular formula is C10H14ClNOS. The van der Waals surface area contributed by atoms with Crippen LogP contribution < -0.4 is 0 Å². The van der Waals surface area contributed by atoms with Crippen molar-refractivity contribution in [3.8, 4) is 0 Å². The molecule has 14 heavy (non-hydrogen) atoms. The third-order valence-corrected chi connectivity index (χ3v) is 4.19. The number of halogens is 1. The fourth-order valence-corrected chi connectivity index (χ4v) is 3.20. The number of nitrogens with zero attached hydrogens (tertiary/aromatic N) is 1. The lowest BCUT2D eigenvalue weighted by Gasteiger charge is -2.21. The largest absolute Gasteiger partial charge is 0.384 e. The van der Waals surface area contributed by atoms with E-state index in [4.69, 9.17) is 11.6 Å². The Hall–Kier alpha value is -0.0900. The topological polar surface area (TPSA) is 23.5 Å². The van der Waals surface area contributed by atoms with Gasteiger partial charge in [0.05, 0.1) is 4.34 Å². The molecule has 1 N–H and O–H groups in total. The highest BCUT2D eigenvalue weighted by Gasteiger charge is 2.41. The normalized spacial score (nSPS) is 33.9. The van der Waals surface area contributed by atoms with E-state index in [9.17, 15) is 5.11 Å². The van der Waals surface area contributed by atoms with Gasteiger partial charge in [-0.2, -0.15) is 0 Å². The maximum absolute atomic E-state index is 10.5. The monoisotopic (exact) mass is 231 g/mol. The first kappa shape index (κ1) is 10.4. The SMILES string of the molecule is CC1CC(O)(c2ccsc2Cl)CN1C. The van der Waals surface area contributed by atoms with E-state index in [1.54, 1.807) is 0 Å². The van der Waals surface area contributed by atoms with Crippen LogP contribution in [0.3, 0.4) is 0 Å². The molecule has 2 nitrogen and oxygen atoms in total. The molecule has 1 aliphatic rings. The Morgan fingerprint density at radius 3 is 2.86 bits per heavy atom. The fourth-order valence-electron chi connectivity index (χ4n) is 2.10. The molecule has 2 atom stereocenters. The molecule has 2 heterocycles. The summed E-state index contributed by atoms with van der Waals surface area (Å²) in [6, 6.07) is 2.34. The number of aliphatic hydroxyl groups is 1. The van der Waals surface area contributed by atoms with Crippen molar-refractivity contribution in [2.45, 2.75) is 25.0 Å². The van der Waals surface area contributed by atoms with Gasteiger partial charge in [-0.15, -0.1) is 11.3 Å². The summed E-state index contributed by atoms with van der Waals surface area (Å²) in [6.45, 7) is 2.79. The number of β-amino-alcohol motifs (C(OH)–C–C–N with tert-alkyl or cyclic N) is 1. The Balaban J connectivity index is 2.31. The summed E-state index contributed by atoms with van der Waals surface area (Å²) >= 11 is 7.52. The molecule has 0 spiro atoms. The summed E-state index contributed by atoms with van der Waals surface area (Å²) in [6.07, 6.45) is 0.764. The van der Waals surface area contributed by atoms with Crippen LogP contribution in [0, 0.1) is 0 Å². The minimum atomic E-state index is -0.745. The molecule has 1 fully saturated rings. The van der Waals surface area contributed by atoms with Crippen LogP contribution in [0.15, 0.2) is 11.4 Å². The highest BCUT2D eigenvalue weighted by atomic mass is 35.5. The van der Waals surface area contributed by atoms with Crippen LogP contribution in [0.2, 0.25) is 4.34 Å². The smallest absolute Gasteiger partial charge is 0.106 e. The van der Waals surface area contributed by atoms with Gasteiger partial charge in [0.2, 0.25) is 0 Å². The Labute approximate surface area is 93.1 Å². The van der Waals surface area contributed by atoms with Crippen molar-refractivity contribution >= 4 is 22.9 Å². The second-order valence-corrected chi connectivity index (χ2v) is 5.63. The standard InChI is InChI=1S/C10H14ClNOS/c1-7-5-10(13,6-12(7)2)8-3-4-14-9(8)11/h3-4,7,13H,5-6H2,1-2H3. The lowest BCUT2D eigenvalue weighted by Crippen LogP contribution is -2.29. The summed E-state index contributed by atoms with van der Waals surface area (Å²) < 4.78 is 0.718. The number of likely N-dealkylation sites (N-methyl/N-ethyl adjacent to an activating group) is 1. The highest BCUT2D eigenvalue weighted by molar-refractivity contribution is 7.14. The van der Waals surface area contributed by atoms with E-state index >= 15 is 0 Å². The molecule has 0 aliphatic carbocycles. The molecule has 78 valence electrons. The quantitative estimate of drug-likeness (QED) is 0.802. The first-order valence-corrected chi connectivity index (χ1v) is 5.95. The molecule has 1 aromatic rings. The van der Waals surface area contributed by atoms with Gasteiger partial charge in [-0.25, -0.2) is 0 Å². The van der Waals surface area contributed by atoms with E-state index in [1.165, 1.54) is 11.3 Å². The molecule has 0 amide bonds. The van der Waals surface area contributed by atoms with Gasteiger partial charge in [-0.1, -0.05) is 11.6 Å². The number of likely N-dealkylation sites (tertiary alicyclic amines) is 1. The Kier molecular flexibility index (Phi) is 2.60. The molecule has 1 aliphatic heterocycles. The molecule has 2 rings (SSSR count). The van der Waals surface area contributed by atoms with E-state index in [1.807, 2.05) is 18.5 Å². The van der Waals surface area contributed by atoms with Gasteiger partial charge in [0.15, 0.2) is 0 Å². The van der Waals surface area contributed by atoms with E-state index < -0.39 is 5.60 Å². The lowest BCUT2D eigenvalue weighted by molar-refractivity contribution is 0.0491. The van der Waals surface area contributed by atoms with Crippen LogP contribution in [0.1, 0.15) is 18.9 Å². The summed E-state index contributed by atoms with van der Waals surface area (Å²) in [7, 11) is 2.03. The average Bonchev–Trinajstić information content (AvgIpc) is 2.59. The van der Waals surface area contributed by atoms with Crippen LogP contribution in [0.5, 0.6) is 0 Å². The van der Waals surface area contributed by atoms with Crippen molar-refractivity contribution in [1.82, 2.24) is 4.90 Å². The fraction of sp³-hybridized carbons (Fsp3) is 0.600. The van der Waals surface area contributed by atoms with Crippen LogP contribution in [-0.4, -0.2) is 29.6 Å². The summed E-state index contributed by atoms with van der Waals surface area (Å²) in [4.78, 5) is 2.16. The zero-order valence-corrected chi connectivity index (χ0v) is 9.90. The summed E-state index contributed by atoms with van der Waals surface area (Å²) in [5.41, 5.74) is 0.144. The molecule has 1 aromatic heterocycles. The molecule has 0 radical (unpaired) electrons. The maximum atomic E-state index is 10.5. The second-order valence-electron chi connectivity index (χ2n) is 4.11. The summed E-state index contributed by atoms with van der Waals surface area (Å²) in [5.74, 6) is 0. The van der Waals surface area contributed by atoms with Crippen LogP contribution >= 0.6 is 22.9 Å². The van der Waals surface area contributed by atoms with Gasteiger partial charge in [0.1, 0.15) is 5.60 Å². The van der Waals surface area contributed by atoms with Crippen molar-refractivity contribution < 1.29 is 5.11 Å². The zero-order chi connectivity index (χ0) is 10.3. The van der Waals surface area contributed by atoms with Crippen molar-refractivity contribution in [3.63, 3.8) is 0 Å². The predicted molar refractivity (Wildman–Crippen MR) is 59.9 cm³/mol. The van der Waals surface area contributed by atoms with Gasteiger partial charge in [-0.3, -0.25) is 0 Å².